The first-order valence-corrected chi connectivity index (χ1v) is 11.1. The van der Waals surface area contributed by atoms with E-state index in [0.717, 1.165) is 29.1 Å². The molecule has 4 rings (SSSR count). The standard InChI is InChI=1S/C20H24N4S2/c1-3-14-4-5-17-16(12-14)13-18(26-17)19-22-23-20(24(19)2)25-11-8-15-6-9-21-10-7-15/h6-7,9-10,13-14H,3-5,8,11-12H2,1-2H3. The van der Waals surface area contributed by atoms with Gasteiger partial charge in [0.2, 0.25) is 0 Å². The molecule has 3 aromatic rings. The highest BCUT2D eigenvalue weighted by molar-refractivity contribution is 7.99. The van der Waals surface area contributed by atoms with Gasteiger partial charge in [-0.1, -0.05) is 25.1 Å². The maximum atomic E-state index is 4.49. The Labute approximate surface area is 163 Å². The van der Waals surface area contributed by atoms with Gasteiger partial charge in [-0.2, -0.15) is 0 Å². The number of thioether (sulfide) groups is 1. The number of nitrogens with zero attached hydrogens (tertiary/aromatic N) is 4. The van der Waals surface area contributed by atoms with E-state index in [-0.39, 0.29) is 0 Å². The van der Waals surface area contributed by atoms with Crippen LogP contribution in [0.5, 0.6) is 0 Å². The van der Waals surface area contributed by atoms with Crippen molar-refractivity contribution in [2.75, 3.05) is 5.75 Å². The van der Waals surface area contributed by atoms with Crippen LogP contribution in [0.1, 0.15) is 35.8 Å². The van der Waals surface area contributed by atoms with Gasteiger partial charge in [0.25, 0.3) is 0 Å². The average Bonchev–Trinajstić information content (AvgIpc) is 3.25. The van der Waals surface area contributed by atoms with E-state index in [1.807, 2.05) is 23.7 Å². The summed E-state index contributed by atoms with van der Waals surface area (Å²) in [5.74, 6) is 2.85. The number of hydrogen-bond donors (Lipinski definition) is 0. The smallest absolute Gasteiger partial charge is 0.191 e. The lowest BCUT2D eigenvalue weighted by Gasteiger charge is -2.19. The zero-order valence-corrected chi connectivity index (χ0v) is 16.9. The highest BCUT2D eigenvalue weighted by atomic mass is 32.2. The predicted molar refractivity (Wildman–Crippen MR) is 109 cm³/mol. The molecular formula is C20H24N4S2. The number of aromatic nitrogens is 4. The van der Waals surface area contributed by atoms with E-state index in [0.29, 0.717) is 0 Å². The molecule has 1 atom stereocenters. The third-order valence-corrected chi connectivity index (χ3v) is 7.44. The van der Waals surface area contributed by atoms with Crippen LogP contribution in [-0.4, -0.2) is 25.5 Å². The Balaban J connectivity index is 1.45. The Bertz CT molecular complexity index is 869. The summed E-state index contributed by atoms with van der Waals surface area (Å²) in [7, 11) is 2.08. The van der Waals surface area contributed by atoms with Crippen molar-refractivity contribution in [2.45, 2.75) is 44.2 Å². The Hall–Kier alpha value is -1.66. The fraction of sp³-hybridized carbons (Fsp3) is 0.450. The lowest BCUT2D eigenvalue weighted by molar-refractivity contribution is 0.449. The van der Waals surface area contributed by atoms with Gasteiger partial charge in [-0.15, -0.1) is 21.5 Å². The summed E-state index contributed by atoms with van der Waals surface area (Å²) in [6.07, 6.45) is 9.79. The molecule has 0 radical (unpaired) electrons. The van der Waals surface area contributed by atoms with Gasteiger partial charge in [0.05, 0.1) is 4.88 Å². The van der Waals surface area contributed by atoms with Crippen molar-refractivity contribution in [3.63, 3.8) is 0 Å². The summed E-state index contributed by atoms with van der Waals surface area (Å²) < 4.78 is 2.14. The molecule has 0 aliphatic heterocycles. The summed E-state index contributed by atoms with van der Waals surface area (Å²) >= 11 is 3.68. The van der Waals surface area contributed by atoms with Crippen molar-refractivity contribution >= 4 is 23.1 Å². The third-order valence-electron chi connectivity index (χ3n) is 5.19. The molecule has 0 aromatic carbocycles. The minimum atomic E-state index is 0.851. The van der Waals surface area contributed by atoms with Crippen molar-refractivity contribution in [1.82, 2.24) is 19.7 Å². The topological polar surface area (TPSA) is 43.6 Å². The van der Waals surface area contributed by atoms with Crippen molar-refractivity contribution in [2.24, 2.45) is 13.0 Å². The normalized spacial score (nSPS) is 16.6. The zero-order chi connectivity index (χ0) is 17.9. The number of thiophene rings is 1. The summed E-state index contributed by atoms with van der Waals surface area (Å²) in [4.78, 5) is 6.89. The fourth-order valence-corrected chi connectivity index (χ4v) is 5.65. The van der Waals surface area contributed by atoms with Crippen LogP contribution >= 0.6 is 23.1 Å². The average molecular weight is 385 g/mol. The van der Waals surface area contributed by atoms with Gasteiger partial charge in [-0.3, -0.25) is 4.98 Å². The van der Waals surface area contributed by atoms with Gasteiger partial charge >= 0.3 is 0 Å². The molecule has 0 amide bonds. The third kappa shape index (κ3) is 3.71. The number of rotatable bonds is 6. The van der Waals surface area contributed by atoms with Gasteiger partial charge in [0, 0.05) is 30.1 Å². The second-order valence-electron chi connectivity index (χ2n) is 6.90. The Morgan fingerprint density at radius 1 is 1.27 bits per heavy atom. The molecular weight excluding hydrogens is 360 g/mol. The van der Waals surface area contributed by atoms with Crippen LogP contribution in [0.4, 0.5) is 0 Å². The van der Waals surface area contributed by atoms with E-state index in [9.17, 15) is 0 Å². The van der Waals surface area contributed by atoms with Crippen molar-refractivity contribution in [3.8, 4) is 10.7 Å². The SMILES string of the molecule is CCC1CCc2sc(-c3nnc(SCCc4ccncc4)n3C)cc2C1. The molecule has 0 spiro atoms. The van der Waals surface area contributed by atoms with Crippen LogP contribution in [0.15, 0.2) is 35.7 Å². The number of aryl methyl sites for hydroxylation is 2. The first-order chi connectivity index (χ1) is 12.7. The molecule has 0 bridgehead atoms. The molecule has 0 saturated carbocycles. The predicted octanol–water partition coefficient (Wildman–Crippen LogP) is 4.79. The Morgan fingerprint density at radius 3 is 2.92 bits per heavy atom. The van der Waals surface area contributed by atoms with E-state index in [1.54, 1.807) is 16.6 Å². The van der Waals surface area contributed by atoms with Crippen LogP contribution in [-0.2, 0) is 26.3 Å². The molecule has 136 valence electrons. The number of fused-ring (bicyclic) bond motifs is 1. The lowest BCUT2D eigenvalue weighted by Crippen LogP contribution is -2.10. The number of pyridine rings is 1. The van der Waals surface area contributed by atoms with Crippen LogP contribution in [0.3, 0.4) is 0 Å². The molecule has 0 fully saturated rings. The molecule has 1 unspecified atom stereocenters. The molecule has 3 aromatic heterocycles. The molecule has 1 aliphatic rings. The van der Waals surface area contributed by atoms with Gasteiger partial charge in [-0.05, 0) is 60.9 Å². The van der Waals surface area contributed by atoms with Crippen LogP contribution in [0.25, 0.3) is 10.7 Å². The quantitative estimate of drug-likeness (QED) is 0.573. The summed E-state index contributed by atoms with van der Waals surface area (Å²) in [5, 5.41) is 9.91. The van der Waals surface area contributed by atoms with E-state index in [1.165, 1.54) is 41.7 Å². The molecule has 3 heterocycles. The zero-order valence-electron chi connectivity index (χ0n) is 15.3. The number of hydrogen-bond acceptors (Lipinski definition) is 5. The minimum absolute atomic E-state index is 0.851. The van der Waals surface area contributed by atoms with E-state index in [4.69, 9.17) is 0 Å². The maximum Gasteiger partial charge on any atom is 0.191 e. The van der Waals surface area contributed by atoms with Gasteiger partial charge < -0.3 is 4.57 Å². The lowest BCUT2D eigenvalue weighted by atomic mass is 9.87. The van der Waals surface area contributed by atoms with E-state index < -0.39 is 0 Å². The molecule has 0 saturated heterocycles. The molecule has 26 heavy (non-hydrogen) atoms. The first-order valence-electron chi connectivity index (χ1n) is 9.27. The maximum absolute atomic E-state index is 4.49. The minimum Gasteiger partial charge on any atom is -0.305 e. The van der Waals surface area contributed by atoms with Gasteiger partial charge in [0.15, 0.2) is 11.0 Å². The monoisotopic (exact) mass is 384 g/mol. The van der Waals surface area contributed by atoms with Crippen molar-refractivity contribution in [3.05, 3.63) is 46.6 Å². The van der Waals surface area contributed by atoms with Gasteiger partial charge in [-0.25, -0.2) is 0 Å². The summed E-state index contributed by atoms with van der Waals surface area (Å²) in [6.45, 7) is 2.31. The summed E-state index contributed by atoms with van der Waals surface area (Å²) in [6, 6.07) is 6.50. The molecule has 0 N–H and O–H groups in total. The molecule has 6 heteroatoms. The highest BCUT2D eigenvalue weighted by Crippen LogP contribution is 2.38. The fourth-order valence-electron chi connectivity index (χ4n) is 3.52. The Kier molecular flexibility index (Phi) is 5.41. The first kappa shape index (κ1) is 17.7. The van der Waals surface area contributed by atoms with Crippen LogP contribution in [0, 0.1) is 5.92 Å². The van der Waals surface area contributed by atoms with Crippen molar-refractivity contribution in [1.29, 1.82) is 0 Å². The molecule has 4 nitrogen and oxygen atoms in total. The molecule has 1 aliphatic carbocycles. The highest BCUT2D eigenvalue weighted by Gasteiger charge is 2.22. The van der Waals surface area contributed by atoms with Crippen LogP contribution in [0.2, 0.25) is 0 Å². The second-order valence-corrected chi connectivity index (χ2v) is 9.09. The largest absolute Gasteiger partial charge is 0.305 e. The van der Waals surface area contributed by atoms with E-state index in [2.05, 4.69) is 51.9 Å². The van der Waals surface area contributed by atoms with Gasteiger partial charge in [0.1, 0.15) is 0 Å². The Morgan fingerprint density at radius 2 is 2.12 bits per heavy atom. The van der Waals surface area contributed by atoms with Crippen LogP contribution < -0.4 is 0 Å². The van der Waals surface area contributed by atoms with Crippen molar-refractivity contribution < 1.29 is 0 Å². The van der Waals surface area contributed by atoms with E-state index >= 15 is 0 Å². The second kappa shape index (κ2) is 7.92. The summed E-state index contributed by atoms with van der Waals surface area (Å²) in [5.41, 5.74) is 2.85.